The predicted octanol–water partition coefficient (Wildman–Crippen LogP) is 2.10. The molecule has 1 aliphatic heterocycles. The average molecular weight is 195 g/mol. The Morgan fingerprint density at radius 2 is 2.00 bits per heavy atom. The van der Waals surface area contributed by atoms with Gasteiger partial charge in [0.2, 0.25) is 0 Å². The predicted molar refractivity (Wildman–Crippen MR) is 55.9 cm³/mol. The highest BCUT2D eigenvalue weighted by molar-refractivity contribution is 5.19. The fraction of sp³-hybridized carbons (Fsp3) is 1.00. The molecule has 2 aliphatic carbocycles. The SMILES string of the molecule is CN1CO[C@H]2C3CC[C@](C)([C@H]21)C3(C)C. The molecule has 0 N–H and O–H groups in total. The second-order valence-corrected chi connectivity index (χ2v) is 6.25. The Labute approximate surface area is 86.6 Å². The third kappa shape index (κ3) is 0.737. The highest BCUT2D eigenvalue weighted by atomic mass is 16.5. The van der Waals surface area contributed by atoms with Crippen LogP contribution in [-0.2, 0) is 4.74 Å². The summed E-state index contributed by atoms with van der Waals surface area (Å²) >= 11 is 0. The maximum absolute atomic E-state index is 5.95. The first-order chi connectivity index (χ1) is 6.48. The second-order valence-electron chi connectivity index (χ2n) is 6.25. The van der Waals surface area contributed by atoms with E-state index in [0.717, 1.165) is 12.6 Å². The Balaban J connectivity index is 2.07. The number of hydrogen-bond donors (Lipinski definition) is 0. The minimum absolute atomic E-state index is 0.469. The number of hydrogen-bond acceptors (Lipinski definition) is 2. The second kappa shape index (κ2) is 2.35. The number of nitrogens with zero attached hydrogens (tertiary/aromatic N) is 1. The van der Waals surface area contributed by atoms with E-state index < -0.39 is 0 Å². The molecule has 0 radical (unpaired) electrons. The molecule has 0 aromatic heterocycles. The first kappa shape index (κ1) is 9.17. The third-order valence-corrected chi connectivity index (χ3v) is 5.68. The lowest BCUT2D eigenvalue weighted by molar-refractivity contribution is 0.0294. The molecule has 0 spiro atoms. The van der Waals surface area contributed by atoms with E-state index in [1.807, 2.05) is 0 Å². The molecule has 1 unspecified atom stereocenters. The van der Waals surface area contributed by atoms with Gasteiger partial charge >= 0.3 is 0 Å². The fourth-order valence-electron chi connectivity index (χ4n) is 4.48. The summed E-state index contributed by atoms with van der Waals surface area (Å²) in [6.45, 7) is 8.21. The normalized spacial score (nSPS) is 55.3. The topological polar surface area (TPSA) is 12.5 Å². The van der Waals surface area contributed by atoms with Crippen molar-refractivity contribution in [3.8, 4) is 0 Å². The van der Waals surface area contributed by atoms with E-state index in [0.29, 0.717) is 23.0 Å². The van der Waals surface area contributed by atoms with Gasteiger partial charge in [-0.15, -0.1) is 0 Å². The van der Waals surface area contributed by atoms with Crippen molar-refractivity contribution >= 4 is 0 Å². The van der Waals surface area contributed by atoms with Crippen molar-refractivity contribution in [2.75, 3.05) is 13.8 Å². The largest absolute Gasteiger partial charge is 0.361 e. The van der Waals surface area contributed by atoms with Gasteiger partial charge in [-0.2, -0.15) is 0 Å². The first-order valence-electron chi connectivity index (χ1n) is 5.80. The molecule has 80 valence electrons. The van der Waals surface area contributed by atoms with Crippen molar-refractivity contribution in [1.82, 2.24) is 4.90 Å². The summed E-state index contributed by atoms with van der Waals surface area (Å²) < 4.78 is 5.95. The van der Waals surface area contributed by atoms with Gasteiger partial charge < -0.3 is 4.74 Å². The van der Waals surface area contributed by atoms with Crippen LogP contribution in [0.2, 0.25) is 0 Å². The van der Waals surface area contributed by atoms with E-state index in [2.05, 4.69) is 32.7 Å². The summed E-state index contributed by atoms with van der Waals surface area (Å²) in [5.41, 5.74) is 0.949. The van der Waals surface area contributed by atoms with Crippen LogP contribution >= 0.6 is 0 Å². The van der Waals surface area contributed by atoms with E-state index in [9.17, 15) is 0 Å². The van der Waals surface area contributed by atoms with E-state index >= 15 is 0 Å². The summed E-state index contributed by atoms with van der Waals surface area (Å²) in [4.78, 5) is 2.42. The van der Waals surface area contributed by atoms with E-state index in [4.69, 9.17) is 4.74 Å². The molecule has 3 fully saturated rings. The zero-order valence-electron chi connectivity index (χ0n) is 9.71. The van der Waals surface area contributed by atoms with Crippen molar-refractivity contribution in [3.05, 3.63) is 0 Å². The van der Waals surface area contributed by atoms with Crippen molar-refractivity contribution in [1.29, 1.82) is 0 Å². The van der Waals surface area contributed by atoms with Gasteiger partial charge in [-0.1, -0.05) is 20.8 Å². The fourth-order valence-corrected chi connectivity index (χ4v) is 4.48. The monoisotopic (exact) mass is 195 g/mol. The summed E-state index contributed by atoms with van der Waals surface area (Å²) in [6, 6.07) is 0.677. The molecule has 0 aromatic carbocycles. The molecule has 14 heavy (non-hydrogen) atoms. The lowest BCUT2D eigenvalue weighted by atomic mass is 9.69. The maximum Gasteiger partial charge on any atom is 0.0995 e. The first-order valence-corrected chi connectivity index (χ1v) is 5.80. The summed E-state index contributed by atoms with van der Waals surface area (Å²) in [7, 11) is 2.21. The van der Waals surface area contributed by atoms with Gasteiger partial charge in [0.05, 0.1) is 12.8 Å². The zero-order valence-corrected chi connectivity index (χ0v) is 9.71. The summed E-state index contributed by atoms with van der Waals surface area (Å²) in [5, 5.41) is 0. The number of ether oxygens (including phenoxy) is 1. The van der Waals surface area contributed by atoms with Gasteiger partial charge in [0.15, 0.2) is 0 Å². The van der Waals surface area contributed by atoms with Crippen LogP contribution in [0, 0.1) is 16.7 Å². The minimum atomic E-state index is 0.469. The molecule has 0 aromatic rings. The van der Waals surface area contributed by atoms with Crippen LogP contribution in [0.3, 0.4) is 0 Å². The lowest BCUT2D eigenvalue weighted by Crippen LogP contribution is -2.45. The van der Waals surface area contributed by atoms with Crippen LogP contribution in [0.15, 0.2) is 0 Å². The van der Waals surface area contributed by atoms with E-state index in [1.165, 1.54) is 12.8 Å². The standard InChI is InChI=1S/C12H21NO/c1-11(2)8-5-6-12(11,3)10-9(8)14-7-13(10)4/h8-10H,5-7H2,1-4H3/t8?,9-,10-,12+/m0/s1. The molecule has 2 saturated carbocycles. The Kier molecular flexibility index (Phi) is 1.54. The van der Waals surface area contributed by atoms with Crippen molar-refractivity contribution < 1.29 is 4.74 Å². The van der Waals surface area contributed by atoms with Crippen LogP contribution in [0.5, 0.6) is 0 Å². The van der Waals surface area contributed by atoms with Crippen LogP contribution in [-0.4, -0.2) is 30.8 Å². The minimum Gasteiger partial charge on any atom is -0.361 e. The highest BCUT2D eigenvalue weighted by Crippen LogP contribution is 2.68. The lowest BCUT2D eigenvalue weighted by Gasteiger charge is -2.40. The molecule has 4 atom stereocenters. The van der Waals surface area contributed by atoms with Crippen LogP contribution in [0.25, 0.3) is 0 Å². The van der Waals surface area contributed by atoms with Crippen LogP contribution < -0.4 is 0 Å². The highest BCUT2D eigenvalue weighted by Gasteiger charge is 2.69. The Bertz CT molecular complexity index is 275. The summed E-state index contributed by atoms with van der Waals surface area (Å²) in [5.74, 6) is 0.794. The van der Waals surface area contributed by atoms with Gasteiger partial charge in [-0.3, -0.25) is 4.90 Å². The molecule has 1 heterocycles. The number of likely N-dealkylation sites (N-methyl/N-ethyl adjacent to an activating group) is 1. The van der Waals surface area contributed by atoms with Crippen molar-refractivity contribution in [2.24, 2.45) is 16.7 Å². The molecule has 1 saturated heterocycles. The molecule has 2 nitrogen and oxygen atoms in total. The van der Waals surface area contributed by atoms with Crippen LogP contribution in [0.1, 0.15) is 33.6 Å². The van der Waals surface area contributed by atoms with Gasteiger partial charge in [-0.25, -0.2) is 0 Å². The molecule has 3 aliphatic rings. The average Bonchev–Trinajstić information content (AvgIpc) is 2.62. The van der Waals surface area contributed by atoms with Crippen LogP contribution in [0.4, 0.5) is 0 Å². The molecule has 2 heteroatoms. The third-order valence-electron chi connectivity index (χ3n) is 5.68. The Morgan fingerprint density at radius 1 is 1.29 bits per heavy atom. The maximum atomic E-state index is 5.95. The Hall–Kier alpha value is -0.0800. The molecule has 0 amide bonds. The van der Waals surface area contributed by atoms with E-state index in [-0.39, 0.29) is 0 Å². The molecule has 2 bridgehead atoms. The molecular weight excluding hydrogens is 174 g/mol. The van der Waals surface area contributed by atoms with Crippen molar-refractivity contribution in [3.63, 3.8) is 0 Å². The van der Waals surface area contributed by atoms with E-state index in [1.54, 1.807) is 0 Å². The van der Waals surface area contributed by atoms with Gasteiger partial charge in [0.25, 0.3) is 0 Å². The molecule has 3 rings (SSSR count). The number of fused-ring (bicyclic) bond motifs is 5. The quantitative estimate of drug-likeness (QED) is 0.587. The van der Waals surface area contributed by atoms with Gasteiger partial charge in [0.1, 0.15) is 0 Å². The molecular formula is C12H21NO. The zero-order chi connectivity index (χ0) is 10.1. The Morgan fingerprint density at radius 3 is 2.64 bits per heavy atom. The van der Waals surface area contributed by atoms with Gasteiger partial charge in [0, 0.05) is 6.04 Å². The summed E-state index contributed by atoms with van der Waals surface area (Å²) in [6.07, 6.45) is 3.28. The number of rotatable bonds is 0. The van der Waals surface area contributed by atoms with Gasteiger partial charge in [-0.05, 0) is 36.6 Å². The van der Waals surface area contributed by atoms with Crippen molar-refractivity contribution in [2.45, 2.75) is 45.8 Å². The smallest absolute Gasteiger partial charge is 0.0995 e.